The summed E-state index contributed by atoms with van der Waals surface area (Å²) in [7, 11) is 0. The number of pyridine rings is 1. The molecule has 2 aromatic heterocycles. The lowest BCUT2D eigenvalue weighted by atomic mass is 10.1. The maximum Gasteiger partial charge on any atom is 0.341 e. The standard InChI is InChI=1S/C16H12ClN3O4S/c17-10-3-8-5-11(16(23)24)15(22)20-14(8)9(4-10)7-19-12(21)6-13-18-1-2-25-13/h1-5H,6-7H2,(H,19,21)(H,20,22)(H,23,24). The number of aromatic amines is 1. The minimum Gasteiger partial charge on any atom is -0.477 e. The number of halogens is 1. The normalized spacial score (nSPS) is 10.8. The molecule has 0 saturated heterocycles. The Labute approximate surface area is 150 Å². The highest BCUT2D eigenvalue weighted by molar-refractivity contribution is 7.09. The predicted octanol–water partition coefficient (Wildman–Crippen LogP) is 2.20. The summed E-state index contributed by atoms with van der Waals surface area (Å²) in [6.07, 6.45) is 1.79. The highest BCUT2D eigenvalue weighted by Crippen LogP contribution is 2.22. The fourth-order valence-corrected chi connectivity index (χ4v) is 3.25. The molecule has 2 heterocycles. The van der Waals surface area contributed by atoms with Gasteiger partial charge in [-0.3, -0.25) is 9.59 Å². The van der Waals surface area contributed by atoms with Crippen LogP contribution in [0.4, 0.5) is 0 Å². The molecule has 0 spiro atoms. The monoisotopic (exact) mass is 377 g/mol. The Balaban J connectivity index is 1.88. The van der Waals surface area contributed by atoms with E-state index < -0.39 is 11.5 Å². The molecule has 0 bridgehead atoms. The molecular weight excluding hydrogens is 366 g/mol. The lowest BCUT2D eigenvalue weighted by Gasteiger charge is -2.09. The molecule has 3 aromatic rings. The van der Waals surface area contributed by atoms with Crippen molar-refractivity contribution in [3.05, 3.63) is 61.3 Å². The van der Waals surface area contributed by atoms with Gasteiger partial charge in [-0.05, 0) is 23.8 Å². The number of hydrogen-bond donors (Lipinski definition) is 3. The van der Waals surface area contributed by atoms with E-state index in [1.54, 1.807) is 23.7 Å². The highest BCUT2D eigenvalue weighted by atomic mass is 35.5. The Bertz CT molecular complexity index is 1010. The van der Waals surface area contributed by atoms with E-state index in [9.17, 15) is 14.4 Å². The second-order valence-corrected chi connectivity index (χ2v) is 6.64. The Morgan fingerprint density at radius 1 is 1.32 bits per heavy atom. The molecule has 1 amide bonds. The van der Waals surface area contributed by atoms with Crippen molar-refractivity contribution in [2.75, 3.05) is 0 Å². The van der Waals surface area contributed by atoms with Crippen molar-refractivity contribution < 1.29 is 14.7 Å². The zero-order chi connectivity index (χ0) is 18.0. The van der Waals surface area contributed by atoms with E-state index in [2.05, 4.69) is 15.3 Å². The molecule has 1 aromatic carbocycles. The van der Waals surface area contributed by atoms with Gasteiger partial charge in [-0.15, -0.1) is 11.3 Å². The molecule has 0 fully saturated rings. The summed E-state index contributed by atoms with van der Waals surface area (Å²) < 4.78 is 0. The van der Waals surface area contributed by atoms with Gasteiger partial charge in [0.05, 0.1) is 11.9 Å². The first-order valence-electron chi connectivity index (χ1n) is 7.18. The van der Waals surface area contributed by atoms with Gasteiger partial charge in [-0.25, -0.2) is 9.78 Å². The number of benzene rings is 1. The van der Waals surface area contributed by atoms with Crippen molar-refractivity contribution in [1.82, 2.24) is 15.3 Å². The molecule has 9 heteroatoms. The quantitative estimate of drug-likeness (QED) is 0.631. The average Bonchev–Trinajstić information content (AvgIpc) is 3.05. The number of H-pyrrole nitrogens is 1. The van der Waals surface area contributed by atoms with Crippen LogP contribution in [0.1, 0.15) is 20.9 Å². The molecule has 128 valence electrons. The van der Waals surface area contributed by atoms with Gasteiger partial charge in [-0.2, -0.15) is 0 Å². The number of carboxylic acid groups (broad SMARTS) is 1. The summed E-state index contributed by atoms with van der Waals surface area (Å²) in [5, 5.41) is 15.1. The minimum atomic E-state index is -1.32. The van der Waals surface area contributed by atoms with Crippen LogP contribution in [0.5, 0.6) is 0 Å². The van der Waals surface area contributed by atoms with Gasteiger partial charge in [0, 0.05) is 28.5 Å². The third-order valence-corrected chi connectivity index (χ3v) is 4.50. The summed E-state index contributed by atoms with van der Waals surface area (Å²) in [5.74, 6) is -1.53. The van der Waals surface area contributed by atoms with Crippen molar-refractivity contribution in [3.8, 4) is 0 Å². The minimum absolute atomic E-state index is 0.142. The molecule has 7 nitrogen and oxygen atoms in total. The van der Waals surface area contributed by atoms with Crippen molar-refractivity contribution in [2.24, 2.45) is 0 Å². The first-order chi connectivity index (χ1) is 11.9. The summed E-state index contributed by atoms with van der Waals surface area (Å²) in [6, 6.07) is 4.44. The summed E-state index contributed by atoms with van der Waals surface area (Å²) >= 11 is 7.45. The maximum absolute atomic E-state index is 12.0. The molecule has 0 atom stereocenters. The van der Waals surface area contributed by atoms with Crippen LogP contribution in [0.15, 0.2) is 34.6 Å². The van der Waals surface area contributed by atoms with Crippen LogP contribution < -0.4 is 10.9 Å². The number of amides is 1. The smallest absolute Gasteiger partial charge is 0.341 e. The fourth-order valence-electron chi connectivity index (χ4n) is 2.39. The number of nitrogens with one attached hydrogen (secondary N) is 2. The molecule has 0 saturated carbocycles. The third kappa shape index (κ3) is 3.86. The molecule has 0 radical (unpaired) electrons. The first kappa shape index (κ1) is 17.1. The van der Waals surface area contributed by atoms with E-state index in [0.29, 0.717) is 26.5 Å². The van der Waals surface area contributed by atoms with Gasteiger partial charge < -0.3 is 15.4 Å². The van der Waals surface area contributed by atoms with Crippen LogP contribution >= 0.6 is 22.9 Å². The van der Waals surface area contributed by atoms with E-state index >= 15 is 0 Å². The summed E-state index contributed by atoms with van der Waals surface area (Å²) in [5.41, 5.74) is -0.0517. The molecule has 25 heavy (non-hydrogen) atoms. The van der Waals surface area contributed by atoms with Gasteiger partial charge >= 0.3 is 5.97 Å². The van der Waals surface area contributed by atoms with E-state index in [0.717, 1.165) is 0 Å². The number of aromatic carboxylic acids is 1. The van der Waals surface area contributed by atoms with Gasteiger partial charge in [0.2, 0.25) is 5.91 Å². The van der Waals surface area contributed by atoms with Gasteiger partial charge in [0.1, 0.15) is 10.6 Å². The number of thiazole rings is 1. The maximum atomic E-state index is 12.0. The first-order valence-corrected chi connectivity index (χ1v) is 8.43. The SMILES string of the molecule is O=C(Cc1nccs1)NCc1cc(Cl)cc2cc(C(=O)O)c(=O)[nH]c12. The largest absolute Gasteiger partial charge is 0.477 e. The third-order valence-electron chi connectivity index (χ3n) is 3.50. The molecule has 0 aliphatic heterocycles. The number of carboxylic acids is 1. The number of carbonyl (C=O) groups excluding carboxylic acids is 1. The molecule has 0 aliphatic carbocycles. The van der Waals surface area contributed by atoms with Crippen molar-refractivity contribution in [3.63, 3.8) is 0 Å². The number of nitrogens with zero attached hydrogens (tertiary/aromatic N) is 1. The number of carbonyl (C=O) groups is 2. The van der Waals surface area contributed by atoms with Crippen molar-refractivity contribution >= 4 is 45.7 Å². The topological polar surface area (TPSA) is 112 Å². The van der Waals surface area contributed by atoms with Crippen LogP contribution in [0.3, 0.4) is 0 Å². The van der Waals surface area contributed by atoms with E-state index in [1.165, 1.54) is 17.4 Å². The number of hydrogen-bond acceptors (Lipinski definition) is 5. The Kier molecular flexibility index (Phi) is 4.82. The zero-order valence-electron chi connectivity index (χ0n) is 12.7. The number of fused-ring (bicyclic) bond motifs is 1. The van der Waals surface area contributed by atoms with Crippen LogP contribution in [0.25, 0.3) is 10.9 Å². The molecule has 3 N–H and O–H groups in total. The summed E-state index contributed by atoms with van der Waals surface area (Å²) in [6.45, 7) is 0.142. The van der Waals surface area contributed by atoms with Crippen LogP contribution in [-0.2, 0) is 17.8 Å². The van der Waals surface area contributed by atoms with Crippen LogP contribution in [0, 0.1) is 0 Å². The van der Waals surface area contributed by atoms with E-state index in [4.69, 9.17) is 16.7 Å². The van der Waals surface area contributed by atoms with Crippen molar-refractivity contribution in [2.45, 2.75) is 13.0 Å². The van der Waals surface area contributed by atoms with E-state index in [-0.39, 0.29) is 24.4 Å². The second-order valence-electron chi connectivity index (χ2n) is 5.23. The van der Waals surface area contributed by atoms with Gasteiger partial charge in [0.15, 0.2) is 0 Å². The zero-order valence-corrected chi connectivity index (χ0v) is 14.3. The van der Waals surface area contributed by atoms with Crippen molar-refractivity contribution in [1.29, 1.82) is 0 Å². The Morgan fingerprint density at radius 3 is 2.80 bits per heavy atom. The number of rotatable bonds is 5. The predicted molar refractivity (Wildman–Crippen MR) is 94.2 cm³/mol. The lowest BCUT2D eigenvalue weighted by molar-refractivity contribution is -0.120. The summed E-state index contributed by atoms with van der Waals surface area (Å²) in [4.78, 5) is 41.6. The Morgan fingerprint density at radius 2 is 2.12 bits per heavy atom. The highest BCUT2D eigenvalue weighted by Gasteiger charge is 2.13. The number of aromatic nitrogens is 2. The molecular formula is C16H12ClN3O4S. The van der Waals surface area contributed by atoms with Crippen LogP contribution in [0.2, 0.25) is 5.02 Å². The average molecular weight is 378 g/mol. The van der Waals surface area contributed by atoms with Gasteiger partial charge in [-0.1, -0.05) is 11.6 Å². The van der Waals surface area contributed by atoms with Gasteiger partial charge in [0.25, 0.3) is 5.56 Å². The second kappa shape index (κ2) is 7.04. The molecule has 0 unspecified atom stereocenters. The lowest BCUT2D eigenvalue weighted by Crippen LogP contribution is -2.25. The molecule has 3 rings (SSSR count). The van der Waals surface area contributed by atoms with Crippen LogP contribution in [-0.4, -0.2) is 27.0 Å². The Hall–Kier alpha value is -2.71. The van der Waals surface area contributed by atoms with E-state index in [1.807, 2.05) is 0 Å². The molecule has 0 aliphatic rings. The fraction of sp³-hybridized carbons (Fsp3) is 0.125.